The molecule has 0 aromatic rings. The van der Waals surface area contributed by atoms with Crippen LogP contribution in [0.4, 0.5) is 0 Å². The molecule has 0 amide bonds. The van der Waals surface area contributed by atoms with Gasteiger partial charge < -0.3 is 19.9 Å². The molecule has 1 unspecified atom stereocenters. The zero-order chi connectivity index (χ0) is 10.2. The van der Waals surface area contributed by atoms with Gasteiger partial charge in [-0.1, -0.05) is 0 Å². The standard InChI is InChI=1S/C9H20N2O3/c1-13-9(8-10-2-5-12)11-3-6-14-7-4-11/h9-10,12H,2-8H2,1H3. The Balaban J connectivity index is 2.21. The van der Waals surface area contributed by atoms with Crippen molar-refractivity contribution in [3.05, 3.63) is 0 Å². The molecule has 84 valence electrons. The number of hydrogen-bond acceptors (Lipinski definition) is 5. The highest BCUT2D eigenvalue weighted by molar-refractivity contribution is 4.68. The average Bonchev–Trinajstić information content (AvgIpc) is 2.26. The maximum Gasteiger partial charge on any atom is 0.122 e. The summed E-state index contributed by atoms with van der Waals surface area (Å²) < 4.78 is 10.6. The van der Waals surface area contributed by atoms with Gasteiger partial charge in [-0.2, -0.15) is 0 Å². The highest BCUT2D eigenvalue weighted by Gasteiger charge is 2.19. The van der Waals surface area contributed by atoms with Crippen molar-refractivity contribution < 1.29 is 14.6 Å². The highest BCUT2D eigenvalue weighted by Crippen LogP contribution is 2.03. The number of aliphatic hydroxyl groups excluding tert-OH is 1. The Morgan fingerprint density at radius 2 is 2.21 bits per heavy atom. The summed E-state index contributed by atoms with van der Waals surface area (Å²) in [7, 11) is 1.71. The van der Waals surface area contributed by atoms with E-state index in [1.807, 2.05) is 0 Å². The van der Waals surface area contributed by atoms with E-state index in [-0.39, 0.29) is 12.8 Å². The topological polar surface area (TPSA) is 54.0 Å². The summed E-state index contributed by atoms with van der Waals surface area (Å²) >= 11 is 0. The smallest absolute Gasteiger partial charge is 0.122 e. The Morgan fingerprint density at radius 1 is 1.50 bits per heavy atom. The molecule has 0 radical (unpaired) electrons. The van der Waals surface area contributed by atoms with Gasteiger partial charge in [0.25, 0.3) is 0 Å². The molecule has 0 bridgehead atoms. The van der Waals surface area contributed by atoms with Gasteiger partial charge in [-0.15, -0.1) is 0 Å². The van der Waals surface area contributed by atoms with Crippen LogP contribution in [-0.4, -0.2) is 69.3 Å². The Labute approximate surface area is 85.0 Å². The zero-order valence-corrected chi connectivity index (χ0v) is 8.74. The van der Waals surface area contributed by atoms with Crippen molar-refractivity contribution >= 4 is 0 Å². The van der Waals surface area contributed by atoms with Crippen molar-refractivity contribution in [1.29, 1.82) is 0 Å². The first-order valence-corrected chi connectivity index (χ1v) is 5.04. The maximum absolute atomic E-state index is 8.63. The third kappa shape index (κ3) is 3.89. The third-order valence-electron chi connectivity index (χ3n) is 2.33. The molecular formula is C9H20N2O3. The second kappa shape index (κ2) is 7.14. The van der Waals surface area contributed by atoms with Crippen LogP contribution in [0.2, 0.25) is 0 Å². The lowest BCUT2D eigenvalue weighted by Gasteiger charge is -2.33. The summed E-state index contributed by atoms with van der Waals surface area (Å²) in [6.45, 7) is 4.92. The van der Waals surface area contributed by atoms with Gasteiger partial charge in [0.15, 0.2) is 0 Å². The van der Waals surface area contributed by atoms with E-state index in [0.717, 1.165) is 32.8 Å². The largest absolute Gasteiger partial charge is 0.395 e. The van der Waals surface area contributed by atoms with E-state index in [1.54, 1.807) is 7.11 Å². The van der Waals surface area contributed by atoms with E-state index in [0.29, 0.717) is 6.54 Å². The number of nitrogens with zero attached hydrogens (tertiary/aromatic N) is 1. The molecule has 0 saturated carbocycles. The average molecular weight is 204 g/mol. The number of hydrogen-bond donors (Lipinski definition) is 2. The molecule has 0 aromatic carbocycles. The van der Waals surface area contributed by atoms with Crippen LogP contribution in [-0.2, 0) is 9.47 Å². The third-order valence-corrected chi connectivity index (χ3v) is 2.33. The van der Waals surface area contributed by atoms with Crippen molar-refractivity contribution in [2.24, 2.45) is 0 Å². The number of methoxy groups -OCH3 is 1. The van der Waals surface area contributed by atoms with Crippen molar-refractivity contribution in [3.8, 4) is 0 Å². The first-order chi connectivity index (χ1) is 6.88. The van der Waals surface area contributed by atoms with Crippen molar-refractivity contribution in [2.45, 2.75) is 6.23 Å². The molecular weight excluding hydrogens is 184 g/mol. The van der Waals surface area contributed by atoms with Crippen LogP contribution in [0.1, 0.15) is 0 Å². The van der Waals surface area contributed by atoms with Crippen LogP contribution in [0.25, 0.3) is 0 Å². The first kappa shape index (κ1) is 11.9. The number of rotatable bonds is 6. The Bertz CT molecular complexity index is 140. The van der Waals surface area contributed by atoms with Gasteiger partial charge in [-0.3, -0.25) is 4.90 Å². The van der Waals surface area contributed by atoms with Crippen molar-refractivity contribution in [3.63, 3.8) is 0 Å². The minimum absolute atomic E-state index is 0.0884. The van der Waals surface area contributed by atoms with Gasteiger partial charge in [-0.05, 0) is 0 Å². The van der Waals surface area contributed by atoms with Crippen LogP contribution in [0, 0.1) is 0 Å². The first-order valence-electron chi connectivity index (χ1n) is 5.04. The summed E-state index contributed by atoms with van der Waals surface area (Å²) in [6.07, 6.45) is 0.0884. The van der Waals surface area contributed by atoms with Gasteiger partial charge >= 0.3 is 0 Å². The Hall–Kier alpha value is -0.200. The number of ether oxygens (including phenoxy) is 2. The molecule has 1 heterocycles. The van der Waals surface area contributed by atoms with Gasteiger partial charge in [0.2, 0.25) is 0 Å². The quantitative estimate of drug-likeness (QED) is 0.536. The van der Waals surface area contributed by atoms with Crippen molar-refractivity contribution in [1.82, 2.24) is 10.2 Å². The van der Waals surface area contributed by atoms with Gasteiger partial charge in [0.05, 0.1) is 19.8 Å². The monoisotopic (exact) mass is 204 g/mol. The summed E-state index contributed by atoms with van der Waals surface area (Å²) in [4.78, 5) is 2.24. The van der Waals surface area contributed by atoms with Crippen molar-refractivity contribution in [2.75, 3.05) is 53.1 Å². The molecule has 14 heavy (non-hydrogen) atoms. The lowest BCUT2D eigenvalue weighted by Crippen LogP contribution is -2.49. The van der Waals surface area contributed by atoms with Gasteiger partial charge in [-0.25, -0.2) is 0 Å². The number of aliphatic hydroxyl groups is 1. The summed E-state index contributed by atoms with van der Waals surface area (Å²) in [5.74, 6) is 0. The van der Waals surface area contributed by atoms with E-state index in [9.17, 15) is 0 Å². The molecule has 1 aliphatic rings. The molecule has 1 rings (SSSR count). The normalized spacial score (nSPS) is 21.0. The van der Waals surface area contributed by atoms with Crippen LogP contribution >= 0.6 is 0 Å². The summed E-state index contributed by atoms with van der Waals surface area (Å²) in [6, 6.07) is 0. The van der Waals surface area contributed by atoms with Crippen LogP contribution in [0.15, 0.2) is 0 Å². The second-order valence-corrected chi connectivity index (χ2v) is 3.27. The van der Waals surface area contributed by atoms with E-state index >= 15 is 0 Å². The SMILES string of the molecule is COC(CNCCO)N1CCOCC1. The predicted molar refractivity (Wildman–Crippen MR) is 53.1 cm³/mol. The van der Waals surface area contributed by atoms with Crippen LogP contribution in [0.5, 0.6) is 0 Å². The molecule has 5 heteroatoms. The molecule has 2 N–H and O–H groups in total. The second-order valence-electron chi connectivity index (χ2n) is 3.27. The molecule has 0 spiro atoms. The molecule has 1 saturated heterocycles. The molecule has 1 atom stereocenters. The lowest BCUT2D eigenvalue weighted by atomic mass is 10.3. The minimum Gasteiger partial charge on any atom is -0.395 e. The number of nitrogens with one attached hydrogen (secondary N) is 1. The van der Waals surface area contributed by atoms with Crippen LogP contribution < -0.4 is 5.32 Å². The zero-order valence-electron chi connectivity index (χ0n) is 8.74. The van der Waals surface area contributed by atoms with Crippen LogP contribution in [0.3, 0.4) is 0 Å². The van der Waals surface area contributed by atoms with Gasteiger partial charge in [0, 0.05) is 33.3 Å². The minimum atomic E-state index is 0.0884. The summed E-state index contributed by atoms with van der Waals surface area (Å²) in [5.41, 5.74) is 0. The molecule has 1 aliphatic heterocycles. The fourth-order valence-corrected chi connectivity index (χ4v) is 1.53. The maximum atomic E-state index is 8.63. The fraction of sp³-hybridized carbons (Fsp3) is 1.00. The molecule has 1 fully saturated rings. The highest BCUT2D eigenvalue weighted by atomic mass is 16.5. The van der Waals surface area contributed by atoms with E-state index < -0.39 is 0 Å². The van der Waals surface area contributed by atoms with E-state index in [2.05, 4.69) is 10.2 Å². The Kier molecular flexibility index (Phi) is 6.05. The Morgan fingerprint density at radius 3 is 2.79 bits per heavy atom. The lowest BCUT2D eigenvalue weighted by molar-refractivity contribution is -0.0769. The predicted octanol–water partition coefficient (Wildman–Crippen LogP) is -1.13. The fourth-order valence-electron chi connectivity index (χ4n) is 1.53. The summed E-state index contributed by atoms with van der Waals surface area (Å²) in [5, 5.41) is 11.8. The van der Waals surface area contributed by atoms with Gasteiger partial charge in [0.1, 0.15) is 6.23 Å². The molecule has 0 aliphatic carbocycles. The number of morpholine rings is 1. The van der Waals surface area contributed by atoms with E-state index in [4.69, 9.17) is 14.6 Å². The molecule has 5 nitrogen and oxygen atoms in total. The molecule has 0 aromatic heterocycles. The van der Waals surface area contributed by atoms with E-state index in [1.165, 1.54) is 0 Å².